The highest BCUT2D eigenvalue weighted by Crippen LogP contribution is 2.51. The predicted molar refractivity (Wildman–Crippen MR) is 98.3 cm³/mol. The number of Topliss-reactive ketones (excluding diaryl/α,β-unsaturated/α-hetero) is 1. The van der Waals surface area contributed by atoms with Gasteiger partial charge in [-0.15, -0.1) is 0 Å². The van der Waals surface area contributed by atoms with Crippen molar-refractivity contribution in [3.63, 3.8) is 0 Å². The molecule has 0 spiro atoms. The van der Waals surface area contributed by atoms with Crippen molar-refractivity contribution >= 4 is 21.7 Å². The van der Waals surface area contributed by atoms with Gasteiger partial charge in [-0.25, -0.2) is 0 Å². The van der Waals surface area contributed by atoms with Gasteiger partial charge in [0.1, 0.15) is 11.8 Å². The monoisotopic (exact) mass is 396 g/mol. The van der Waals surface area contributed by atoms with Crippen LogP contribution in [0.2, 0.25) is 0 Å². The number of nitriles is 1. The van der Waals surface area contributed by atoms with Crippen LogP contribution in [0.5, 0.6) is 5.75 Å². The molecule has 5 heteroatoms. The van der Waals surface area contributed by atoms with Crippen LogP contribution in [0.4, 0.5) is 0 Å². The average molecular weight is 397 g/mol. The van der Waals surface area contributed by atoms with Crippen LogP contribution in [0.1, 0.15) is 36.2 Å². The first-order valence-corrected chi connectivity index (χ1v) is 8.94. The summed E-state index contributed by atoms with van der Waals surface area (Å²) < 4.78 is 6.11. The average Bonchev–Trinajstić information content (AvgIpc) is 3.01. The number of nitrogens with one attached hydrogen (secondary N) is 1. The number of carbonyl (C=O) groups is 1. The largest absolute Gasteiger partial charge is 0.497 e. The van der Waals surface area contributed by atoms with Crippen LogP contribution in [-0.2, 0) is 5.41 Å². The minimum absolute atomic E-state index is 0.0245. The van der Waals surface area contributed by atoms with Crippen LogP contribution in [0, 0.1) is 17.2 Å². The lowest BCUT2D eigenvalue weighted by molar-refractivity contribution is 0.101. The molecular weight excluding hydrogens is 380 g/mol. The summed E-state index contributed by atoms with van der Waals surface area (Å²) in [4.78, 5) is 13.2. The van der Waals surface area contributed by atoms with Crippen molar-refractivity contribution in [2.24, 2.45) is 5.92 Å². The number of hydrogen-bond acceptors (Lipinski definition) is 4. The molecule has 3 aliphatic rings. The maximum atomic E-state index is 13.2. The number of nitrogens with zero attached hydrogens (tertiary/aromatic N) is 1. The van der Waals surface area contributed by atoms with Crippen molar-refractivity contribution in [1.82, 2.24) is 5.32 Å². The summed E-state index contributed by atoms with van der Waals surface area (Å²) in [5.41, 5.74) is 4.64. The molecule has 0 aromatic heterocycles. The normalized spacial score (nSPS) is 23.2. The fraction of sp³-hybridized carbons (Fsp3) is 0.300. The van der Waals surface area contributed by atoms with E-state index in [4.69, 9.17) is 4.74 Å². The molecule has 1 atom stereocenters. The molecule has 0 amide bonds. The molecule has 4 nitrogen and oxygen atoms in total. The van der Waals surface area contributed by atoms with Gasteiger partial charge in [0, 0.05) is 33.9 Å². The molecule has 126 valence electrons. The summed E-state index contributed by atoms with van der Waals surface area (Å²) in [6.07, 6.45) is 2.56. The van der Waals surface area contributed by atoms with E-state index < -0.39 is 0 Å². The fourth-order valence-electron chi connectivity index (χ4n) is 4.03. The molecule has 0 fully saturated rings. The van der Waals surface area contributed by atoms with E-state index in [2.05, 4.69) is 41.2 Å². The van der Waals surface area contributed by atoms with Crippen LogP contribution in [-0.4, -0.2) is 12.9 Å². The molecular formula is C20H17BrN2O2. The van der Waals surface area contributed by atoms with Crippen LogP contribution >= 0.6 is 15.9 Å². The van der Waals surface area contributed by atoms with Crippen LogP contribution in [0.3, 0.4) is 0 Å². The first-order valence-electron chi connectivity index (χ1n) is 8.15. The van der Waals surface area contributed by atoms with Gasteiger partial charge in [0.2, 0.25) is 0 Å². The molecule has 0 saturated carbocycles. The SMILES string of the molecule is COc1ccc2c(c1)C(C)(C)C1=C(C2=O)C2CC=C(C#N)C(Br)=C2N1. The lowest BCUT2D eigenvalue weighted by atomic mass is 9.70. The number of ketones is 1. The number of methoxy groups -OCH3 is 1. The molecule has 1 heterocycles. The van der Waals surface area contributed by atoms with Gasteiger partial charge in [0.25, 0.3) is 0 Å². The van der Waals surface area contributed by atoms with Gasteiger partial charge >= 0.3 is 0 Å². The Morgan fingerprint density at radius 3 is 2.84 bits per heavy atom. The van der Waals surface area contributed by atoms with E-state index in [1.54, 1.807) is 7.11 Å². The maximum absolute atomic E-state index is 13.2. The van der Waals surface area contributed by atoms with Crippen LogP contribution < -0.4 is 10.1 Å². The Kier molecular flexibility index (Phi) is 3.45. The predicted octanol–water partition coefficient (Wildman–Crippen LogP) is 4.10. The van der Waals surface area contributed by atoms with Gasteiger partial charge in [0.15, 0.2) is 5.78 Å². The van der Waals surface area contributed by atoms with E-state index in [0.29, 0.717) is 12.0 Å². The zero-order valence-corrected chi connectivity index (χ0v) is 15.8. The number of fused-ring (bicyclic) bond motifs is 3. The molecule has 1 unspecified atom stereocenters. The highest BCUT2D eigenvalue weighted by Gasteiger charge is 2.47. The Balaban J connectivity index is 1.90. The van der Waals surface area contributed by atoms with Crippen molar-refractivity contribution in [3.05, 3.63) is 62.4 Å². The second-order valence-electron chi connectivity index (χ2n) is 7.02. The fourth-order valence-corrected chi connectivity index (χ4v) is 4.65. The Hall–Kier alpha value is -2.32. The highest BCUT2D eigenvalue weighted by molar-refractivity contribution is 9.12. The maximum Gasteiger partial charge on any atom is 0.191 e. The van der Waals surface area contributed by atoms with Gasteiger partial charge in [0.05, 0.1) is 17.2 Å². The van der Waals surface area contributed by atoms with Crippen molar-refractivity contribution in [2.45, 2.75) is 25.7 Å². The molecule has 0 bridgehead atoms. The number of hydrogen-bond donors (Lipinski definition) is 1. The molecule has 1 aliphatic heterocycles. The number of rotatable bonds is 1. The van der Waals surface area contributed by atoms with E-state index in [0.717, 1.165) is 38.3 Å². The van der Waals surface area contributed by atoms with Crippen LogP contribution in [0.25, 0.3) is 0 Å². The minimum Gasteiger partial charge on any atom is -0.497 e. The number of carbonyl (C=O) groups excluding carboxylic acids is 1. The quantitative estimate of drug-likeness (QED) is 0.775. The molecule has 1 aromatic rings. The second-order valence-corrected chi connectivity index (χ2v) is 7.82. The van der Waals surface area contributed by atoms with Gasteiger partial charge in [-0.1, -0.05) is 19.9 Å². The summed E-state index contributed by atoms with van der Waals surface area (Å²) >= 11 is 3.54. The molecule has 4 rings (SSSR count). The second kappa shape index (κ2) is 5.34. The zero-order valence-electron chi connectivity index (χ0n) is 14.2. The van der Waals surface area contributed by atoms with Gasteiger partial charge in [-0.05, 0) is 46.1 Å². The number of benzene rings is 1. The summed E-state index contributed by atoms with van der Waals surface area (Å²) in [6, 6.07) is 7.85. The van der Waals surface area contributed by atoms with E-state index in [-0.39, 0.29) is 17.1 Å². The van der Waals surface area contributed by atoms with Gasteiger partial charge < -0.3 is 10.1 Å². The number of ether oxygens (including phenoxy) is 1. The van der Waals surface area contributed by atoms with Crippen molar-refractivity contribution in [1.29, 1.82) is 5.26 Å². The summed E-state index contributed by atoms with van der Waals surface area (Å²) in [7, 11) is 1.63. The number of halogens is 1. The lowest BCUT2D eigenvalue weighted by Crippen LogP contribution is -2.34. The first-order chi connectivity index (χ1) is 11.9. The summed E-state index contributed by atoms with van der Waals surface area (Å²) in [5, 5.41) is 12.8. The third kappa shape index (κ3) is 2.07. The third-order valence-corrected chi connectivity index (χ3v) is 6.25. The standard InChI is InChI=1S/C20H17BrN2O2/c1-20(2)14-8-11(25-3)5-7-12(14)18(24)15-13-6-4-10(9-22)16(21)17(13)23-19(15)20/h4-5,7-8,13,23H,6H2,1-3H3. The van der Waals surface area contributed by atoms with Gasteiger partial charge in [-0.3, -0.25) is 4.79 Å². The summed E-state index contributed by atoms with van der Waals surface area (Å²) in [5.74, 6) is 0.782. The topological polar surface area (TPSA) is 62.1 Å². The third-order valence-electron chi connectivity index (χ3n) is 5.39. The van der Waals surface area contributed by atoms with E-state index in [1.807, 2.05) is 24.3 Å². The molecule has 1 N–H and O–H groups in total. The molecule has 2 aliphatic carbocycles. The Labute approximate surface area is 155 Å². The molecule has 0 radical (unpaired) electrons. The Morgan fingerprint density at radius 2 is 2.16 bits per heavy atom. The highest BCUT2D eigenvalue weighted by atomic mass is 79.9. The first kappa shape index (κ1) is 16.2. The smallest absolute Gasteiger partial charge is 0.191 e. The van der Waals surface area contributed by atoms with E-state index in [1.165, 1.54) is 0 Å². The van der Waals surface area contributed by atoms with Crippen molar-refractivity contribution < 1.29 is 9.53 Å². The van der Waals surface area contributed by atoms with E-state index >= 15 is 0 Å². The molecule has 25 heavy (non-hydrogen) atoms. The lowest BCUT2D eigenvalue weighted by Gasteiger charge is -2.34. The molecule has 0 saturated heterocycles. The Bertz CT molecular complexity index is 960. The van der Waals surface area contributed by atoms with Crippen LogP contribution in [0.15, 0.2) is 51.3 Å². The van der Waals surface area contributed by atoms with E-state index in [9.17, 15) is 10.1 Å². The molecule has 1 aromatic carbocycles. The Morgan fingerprint density at radius 1 is 1.40 bits per heavy atom. The summed E-state index contributed by atoms with van der Waals surface area (Å²) in [6.45, 7) is 4.23. The van der Waals surface area contributed by atoms with Crippen molar-refractivity contribution in [3.8, 4) is 11.8 Å². The number of allylic oxidation sites excluding steroid dienone is 5. The van der Waals surface area contributed by atoms with Crippen molar-refractivity contribution in [2.75, 3.05) is 7.11 Å². The van der Waals surface area contributed by atoms with Gasteiger partial charge in [-0.2, -0.15) is 5.26 Å². The minimum atomic E-state index is -0.350. The zero-order chi connectivity index (χ0) is 17.9.